The Morgan fingerprint density at radius 2 is 1.10 bits per heavy atom. The summed E-state index contributed by atoms with van der Waals surface area (Å²) in [4.78, 5) is 11.7. The summed E-state index contributed by atoms with van der Waals surface area (Å²) in [6.45, 7) is 5.02. The molecule has 234 valence electrons. The number of esters is 1. The second-order valence-electron chi connectivity index (χ2n) is 10.5. The zero-order valence-electron chi connectivity index (χ0n) is 26.5. The predicted octanol–water partition coefficient (Wildman–Crippen LogP) is 10.3. The smallest absolute Gasteiger partial charge is 0.306 e. The lowest BCUT2D eigenvalue weighted by molar-refractivity contribution is -0.154. The minimum Gasteiger partial charge on any atom is -0.457 e. The third-order valence-electron chi connectivity index (χ3n) is 6.55. The number of hydrogen-bond donors (Lipinski definition) is 1. The van der Waals surface area contributed by atoms with Gasteiger partial charge in [-0.1, -0.05) is 132 Å². The molecule has 1 N–H and O–H groups in total. The topological polar surface area (TPSA) is 55.8 Å². The van der Waals surface area contributed by atoms with Crippen LogP contribution in [0.2, 0.25) is 0 Å². The first kappa shape index (κ1) is 38.8. The number of rotatable bonds is 29. The van der Waals surface area contributed by atoms with Crippen molar-refractivity contribution < 1.29 is 19.4 Å². The Hall–Kier alpha value is -2.17. The fourth-order valence-corrected chi connectivity index (χ4v) is 4.09. The highest BCUT2D eigenvalue weighted by Gasteiger charge is 2.13. The van der Waals surface area contributed by atoms with Gasteiger partial charge < -0.3 is 14.6 Å². The number of allylic oxidation sites excluding steroid dienone is 12. The van der Waals surface area contributed by atoms with Gasteiger partial charge in [0.1, 0.15) is 6.10 Å². The summed E-state index contributed by atoms with van der Waals surface area (Å²) in [6.07, 6.45) is 45.7. The van der Waals surface area contributed by atoms with Gasteiger partial charge >= 0.3 is 5.97 Å². The van der Waals surface area contributed by atoms with Crippen LogP contribution >= 0.6 is 0 Å². The van der Waals surface area contributed by atoms with Crippen molar-refractivity contribution in [3.8, 4) is 0 Å². The fraction of sp³-hybridized carbons (Fsp3) is 0.649. The van der Waals surface area contributed by atoms with Crippen molar-refractivity contribution >= 4 is 5.97 Å². The molecular formula is C37H62O4. The van der Waals surface area contributed by atoms with Gasteiger partial charge in [0.05, 0.1) is 13.2 Å². The highest BCUT2D eigenvalue weighted by molar-refractivity contribution is 5.69. The largest absolute Gasteiger partial charge is 0.457 e. The highest BCUT2D eigenvalue weighted by atomic mass is 16.6. The molecule has 0 fully saturated rings. The molecule has 0 aliphatic rings. The third kappa shape index (κ3) is 32.2. The number of unbranched alkanes of at least 4 members (excludes halogenated alkanes) is 9. The summed E-state index contributed by atoms with van der Waals surface area (Å²) in [5.74, 6) is -0.234. The molecule has 4 heteroatoms. The average molecular weight is 571 g/mol. The van der Waals surface area contributed by atoms with Gasteiger partial charge in [0.25, 0.3) is 0 Å². The van der Waals surface area contributed by atoms with Crippen LogP contribution in [0.15, 0.2) is 72.9 Å². The summed E-state index contributed by atoms with van der Waals surface area (Å²) in [5.41, 5.74) is 0. The maximum atomic E-state index is 11.7. The summed E-state index contributed by atoms with van der Waals surface area (Å²) in [7, 11) is 0. The van der Waals surface area contributed by atoms with Crippen LogP contribution in [0.4, 0.5) is 0 Å². The lowest BCUT2D eigenvalue weighted by Gasteiger charge is -2.15. The van der Waals surface area contributed by atoms with Crippen molar-refractivity contribution in [1.82, 2.24) is 0 Å². The molecule has 1 atom stereocenters. The first-order valence-corrected chi connectivity index (χ1v) is 16.5. The van der Waals surface area contributed by atoms with Crippen LogP contribution < -0.4 is 0 Å². The van der Waals surface area contributed by atoms with Crippen molar-refractivity contribution in [1.29, 1.82) is 0 Å². The van der Waals surface area contributed by atoms with Gasteiger partial charge in [0, 0.05) is 13.0 Å². The van der Waals surface area contributed by atoms with Crippen LogP contribution in [-0.4, -0.2) is 37.0 Å². The van der Waals surface area contributed by atoms with E-state index in [4.69, 9.17) is 9.47 Å². The van der Waals surface area contributed by atoms with E-state index in [1.54, 1.807) is 0 Å². The Balaban J connectivity index is 3.48. The Morgan fingerprint density at radius 1 is 0.610 bits per heavy atom. The summed E-state index contributed by atoms with van der Waals surface area (Å²) in [6, 6.07) is 0. The summed E-state index contributed by atoms with van der Waals surface area (Å²) >= 11 is 0. The van der Waals surface area contributed by atoms with Crippen molar-refractivity contribution in [3.63, 3.8) is 0 Å². The first-order chi connectivity index (χ1) is 20.2. The van der Waals surface area contributed by atoms with E-state index in [-0.39, 0.29) is 19.2 Å². The molecule has 41 heavy (non-hydrogen) atoms. The number of carbonyl (C=O) groups excluding carboxylic acids is 1. The van der Waals surface area contributed by atoms with Crippen molar-refractivity contribution in [2.24, 2.45) is 0 Å². The summed E-state index contributed by atoms with van der Waals surface area (Å²) < 4.78 is 10.9. The van der Waals surface area contributed by atoms with E-state index >= 15 is 0 Å². The van der Waals surface area contributed by atoms with Crippen LogP contribution in [0.1, 0.15) is 129 Å². The molecule has 0 aromatic rings. The van der Waals surface area contributed by atoms with Crippen molar-refractivity contribution in [2.75, 3.05) is 19.8 Å². The molecule has 0 aliphatic carbocycles. The monoisotopic (exact) mass is 570 g/mol. The van der Waals surface area contributed by atoms with Crippen LogP contribution in [0, 0.1) is 0 Å². The lowest BCUT2D eigenvalue weighted by atomic mass is 10.1. The number of aliphatic hydroxyl groups excluding tert-OH is 1. The Labute approximate surface area is 253 Å². The molecule has 0 aromatic heterocycles. The molecule has 0 saturated heterocycles. The molecule has 0 radical (unpaired) electrons. The van der Waals surface area contributed by atoms with Gasteiger partial charge in [-0.3, -0.25) is 4.79 Å². The summed E-state index contributed by atoms with van der Waals surface area (Å²) in [5, 5.41) is 9.38. The molecule has 0 aliphatic heterocycles. The maximum absolute atomic E-state index is 11.7. The molecule has 4 nitrogen and oxygen atoms in total. The zero-order valence-corrected chi connectivity index (χ0v) is 26.5. The molecule has 0 amide bonds. The first-order valence-electron chi connectivity index (χ1n) is 16.5. The predicted molar refractivity (Wildman–Crippen MR) is 177 cm³/mol. The second-order valence-corrected chi connectivity index (χ2v) is 10.5. The Kier molecular flexibility index (Phi) is 32.2. The third-order valence-corrected chi connectivity index (χ3v) is 6.55. The van der Waals surface area contributed by atoms with E-state index in [2.05, 4.69) is 86.8 Å². The molecule has 0 rings (SSSR count). The van der Waals surface area contributed by atoms with E-state index in [1.165, 1.54) is 38.5 Å². The van der Waals surface area contributed by atoms with E-state index in [0.29, 0.717) is 13.0 Å². The van der Waals surface area contributed by atoms with E-state index < -0.39 is 6.10 Å². The molecule has 0 heterocycles. The number of aliphatic hydroxyl groups is 1. The molecule has 0 aromatic carbocycles. The molecular weight excluding hydrogens is 508 g/mol. The van der Waals surface area contributed by atoms with Gasteiger partial charge in [-0.15, -0.1) is 0 Å². The van der Waals surface area contributed by atoms with Gasteiger partial charge in [-0.2, -0.15) is 0 Å². The van der Waals surface area contributed by atoms with E-state index in [1.807, 2.05) is 0 Å². The van der Waals surface area contributed by atoms with Gasteiger partial charge in [-0.25, -0.2) is 0 Å². The lowest BCUT2D eigenvalue weighted by Crippen LogP contribution is -2.27. The van der Waals surface area contributed by atoms with Crippen molar-refractivity contribution in [2.45, 2.75) is 136 Å². The van der Waals surface area contributed by atoms with Crippen LogP contribution in [0.3, 0.4) is 0 Å². The Morgan fingerprint density at radius 3 is 1.61 bits per heavy atom. The number of hydrogen-bond acceptors (Lipinski definition) is 4. The van der Waals surface area contributed by atoms with E-state index in [0.717, 1.165) is 70.6 Å². The van der Waals surface area contributed by atoms with E-state index in [9.17, 15) is 9.90 Å². The fourth-order valence-electron chi connectivity index (χ4n) is 4.09. The maximum Gasteiger partial charge on any atom is 0.306 e. The number of carbonyl (C=O) groups is 1. The molecule has 0 bridgehead atoms. The number of ether oxygens (including phenoxy) is 2. The van der Waals surface area contributed by atoms with Crippen LogP contribution in [0.25, 0.3) is 0 Å². The van der Waals surface area contributed by atoms with Crippen LogP contribution in [-0.2, 0) is 14.3 Å². The zero-order chi connectivity index (χ0) is 29.9. The van der Waals surface area contributed by atoms with Gasteiger partial charge in [0.2, 0.25) is 0 Å². The van der Waals surface area contributed by atoms with Gasteiger partial charge in [0.15, 0.2) is 0 Å². The second kappa shape index (κ2) is 34.0. The Bertz CT molecular complexity index is 729. The molecule has 0 spiro atoms. The highest BCUT2D eigenvalue weighted by Crippen LogP contribution is 2.10. The molecule has 1 unspecified atom stereocenters. The van der Waals surface area contributed by atoms with Gasteiger partial charge in [-0.05, 0) is 64.2 Å². The SMILES string of the molecule is CC/C=C\C/C=C\C/C=C\C/C=C\C/C=C\C/C=C\CCCCCCCCCOCC(CO)OC(=O)CCCCC. The quantitative estimate of drug-likeness (QED) is 0.0552. The molecule has 0 saturated carbocycles. The standard InChI is InChI=1S/C37H62O4/c1-3-5-7-8-9-10-11-12-13-14-15-16-17-18-19-20-21-22-23-24-25-26-27-28-29-31-33-40-35-36(34-38)41-37(39)32-30-6-4-2/h5,7,9-10,12-13,15-16,18-19,21-22,36,38H,3-4,6,8,11,14,17,20,23-35H2,1-2H3/b7-5-,10-9-,13-12-,16-15-,19-18-,22-21-. The van der Waals surface area contributed by atoms with Crippen molar-refractivity contribution in [3.05, 3.63) is 72.9 Å². The normalized spacial score (nSPS) is 13.3. The minimum absolute atomic E-state index is 0.182. The average Bonchev–Trinajstić information content (AvgIpc) is 2.98. The minimum atomic E-state index is -0.537. The van der Waals surface area contributed by atoms with Crippen LogP contribution in [0.5, 0.6) is 0 Å².